The molecular formula is C10H22N2O3. The van der Waals surface area contributed by atoms with E-state index in [0.29, 0.717) is 13.1 Å². The summed E-state index contributed by atoms with van der Waals surface area (Å²) in [5.74, 6) is 0. The quantitative estimate of drug-likeness (QED) is 0.563. The average Bonchev–Trinajstić information content (AvgIpc) is 2.25. The summed E-state index contributed by atoms with van der Waals surface area (Å²) >= 11 is 0. The van der Waals surface area contributed by atoms with Gasteiger partial charge in [0, 0.05) is 26.8 Å². The van der Waals surface area contributed by atoms with Gasteiger partial charge < -0.3 is 20.5 Å². The molecule has 3 N–H and O–H groups in total. The Morgan fingerprint density at radius 3 is 2.60 bits per heavy atom. The van der Waals surface area contributed by atoms with E-state index in [2.05, 4.69) is 5.32 Å². The highest BCUT2D eigenvalue weighted by Gasteiger charge is 1.98. The van der Waals surface area contributed by atoms with Crippen LogP contribution in [0, 0.1) is 0 Å². The lowest BCUT2D eigenvalue weighted by Gasteiger charge is -2.05. The van der Waals surface area contributed by atoms with Crippen molar-refractivity contribution in [1.29, 1.82) is 0 Å². The molecule has 1 amide bonds. The molecule has 90 valence electrons. The molecule has 0 saturated heterocycles. The summed E-state index contributed by atoms with van der Waals surface area (Å²) in [6.07, 6.45) is 3.90. The summed E-state index contributed by atoms with van der Waals surface area (Å²) < 4.78 is 9.67. The van der Waals surface area contributed by atoms with Crippen LogP contribution in [0.3, 0.4) is 0 Å². The standard InChI is InChI=1S/C10H22N2O3/c1-14-8-5-3-2-4-7-12-10(13)15-9-6-11/h2-9,11H2,1H3,(H,12,13). The smallest absolute Gasteiger partial charge is 0.407 e. The van der Waals surface area contributed by atoms with Crippen LogP contribution in [0.5, 0.6) is 0 Å². The van der Waals surface area contributed by atoms with E-state index >= 15 is 0 Å². The molecule has 0 bridgehead atoms. The van der Waals surface area contributed by atoms with E-state index in [4.69, 9.17) is 15.2 Å². The van der Waals surface area contributed by atoms with Gasteiger partial charge in [-0.2, -0.15) is 0 Å². The molecule has 0 saturated carbocycles. The van der Waals surface area contributed by atoms with Crippen molar-refractivity contribution in [1.82, 2.24) is 5.32 Å². The van der Waals surface area contributed by atoms with Gasteiger partial charge in [0.1, 0.15) is 6.61 Å². The minimum absolute atomic E-state index is 0.277. The maximum atomic E-state index is 10.9. The van der Waals surface area contributed by atoms with Crippen LogP contribution in [0.1, 0.15) is 25.7 Å². The molecule has 0 aliphatic heterocycles. The van der Waals surface area contributed by atoms with Crippen LogP contribution in [0.25, 0.3) is 0 Å². The highest BCUT2D eigenvalue weighted by molar-refractivity contribution is 5.66. The molecular weight excluding hydrogens is 196 g/mol. The van der Waals surface area contributed by atoms with Gasteiger partial charge in [-0.1, -0.05) is 12.8 Å². The van der Waals surface area contributed by atoms with Gasteiger partial charge >= 0.3 is 6.09 Å². The highest BCUT2D eigenvalue weighted by atomic mass is 16.5. The molecule has 15 heavy (non-hydrogen) atoms. The molecule has 0 fully saturated rings. The summed E-state index contributed by atoms with van der Waals surface area (Å²) in [5.41, 5.74) is 5.18. The zero-order chi connectivity index (χ0) is 11.4. The first-order valence-corrected chi connectivity index (χ1v) is 5.41. The Labute approximate surface area is 91.3 Å². The second-order valence-corrected chi connectivity index (χ2v) is 3.26. The van der Waals surface area contributed by atoms with E-state index < -0.39 is 0 Å². The van der Waals surface area contributed by atoms with Gasteiger partial charge in [0.15, 0.2) is 0 Å². The normalized spacial score (nSPS) is 10.0. The van der Waals surface area contributed by atoms with Gasteiger partial charge in [0.25, 0.3) is 0 Å². The SMILES string of the molecule is COCCCCCCNC(=O)OCCN. The average molecular weight is 218 g/mol. The molecule has 0 aliphatic rings. The van der Waals surface area contributed by atoms with Crippen molar-refractivity contribution in [3.63, 3.8) is 0 Å². The van der Waals surface area contributed by atoms with Crippen LogP contribution in [0.4, 0.5) is 4.79 Å². The number of carbonyl (C=O) groups excluding carboxylic acids is 1. The number of ether oxygens (including phenoxy) is 2. The predicted molar refractivity (Wildman–Crippen MR) is 58.7 cm³/mol. The summed E-state index contributed by atoms with van der Waals surface area (Å²) in [7, 11) is 1.70. The number of nitrogens with two attached hydrogens (primary N) is 1. The van der Waals surface area contributed by atoms with Crippen LogP contribution in [-0.2, 0) is 9.47 Å². The third kappa shape index (κ3) is 11.1. The van der Waals surface area contributed by atoms with Gasteiger partial charge in [-0.3, -0.25) is 0 Å². The molecule has 0 spiro atoms. The van der Waals surface area contributed by atoms with Crippen molar-refractivity contribution in [2.24, 2.45) is 5.73 Å². The first-order chi connectivity index (χ1) is 7.31. The van der Waals surface area contributed by atoms with Gasteiger partial charge in [0.2, 0.25) is 0 Å². The van der Waals surface area contributed by atoms with Crippen LogP contribution in [-0.4, -0.2) is 39.5 Å². The molecule has 0 unspecified atom stereocenters. The van der Waals surface area contributed by atoms with Crippen molar-refractivity contribution in [2.75, 3.05) is 33.4 Å². The number of carbonyl (C=O) groups is 1. The fraction of sp³-hybridized carbons (Fsp3) is 0.900. The first kappa shape index (κ1) is 14.2. The largest absolute Gasteiger partial charge is 0.448 e. The van der Waals surface area contributed by atoms with E-state index in [1.807, 2.05) is 0 Å². The molecule has 0 aliphatic carbocycles. The second kappa shape index (κ2) is 11.3. The minimum Gasteiger partial charge on any atom is -0.448 e. The van der Waals surface area contributed by atoms with Crippen molar-refractivity contribution >= 4 is 6.09 Å². The van der Waals surface area contributed by atoms with Crippen molar-refractivity contribution < 1.29 is 14.3 Å². The van der Waals surface area contributed by atoms with Gasteiger partial charge in [-0.25, -0.2) is 4.79 Å². The lowest BCUT2D eigenvalue weighted by molar-refractivity contribution is 0.149. The lowest BCUT2D eigenvalue weighted by atomic mass is 10.2. The lowest BCUT2D eigenvalue weighted by Crippen LogP contribution is -2.27. The fourth-order valence-electron chi connectivity index (χ4n) is 1.12. The van der Waals surface area contributed by atoms with E-state index in [1.165, 1.54) is 0 Å². The molecule has 0 heterocycles. The van der Waals surface area contributed by atoms with E-state index in [9.17, 15) is 4.79 Å². The third-order valence-electron chi connectivity index (χ3n) is 1.90. The van der Waals surface area contributed by atoms with Crippen molar-refractivity contribution in [3.8, 4) is 0 Å². The maximum absolute atomic E-state index is 10.9. The molecule has 0 aromatic heterocycles. The molecule has 0 aromatic carbocycles. The Bertz CT molecular complexity index is 154. The van der Waals surface area contributed by atoms with Crippen molar-refractivity contribution in [2.45, 2.75) is 25.7 Å². The number of hydrogen-bond donors (Lipinski definition) is 2. The number of alkyl carbamates (subject to hydrolysis) is 1. The van der Waals surface area contributed by atoms with E-state index in [0.717, 1.165) is 32.3 Å². The Morgan fingerprint density at radius 1 is 1.20 bits per heavy atom. The van der Waals surface area contributed by atoms with E-state index in [-0.39, 0.29) is 12.7 Å². The molecule has 0 atom stereocenters. The second-order valence-electron chi connectivity index (χ2n) is 3.26. The van der Waals surface area contributed by atoms with Crippen LogP contribution in [0.2, 0.25) is 0 Å². The predicted octanol–water partition coefficient (Wildman–Crippen LogP) is 0.878. The third-order valence-corrected chi connectivity index (χ3v) is 1.90. The van der Waals surface area contributed by atoms with E-state index in [1.54, 1.807) is 7.11 Å². The number of methoxy groups -OCH3 is 1. The molecule has 5 heteroatoms. The number of rotatable bonds is 9. The summed E-state index contributed by atoms with van der Waals surface area (Å²) in [4.78, 5) is 10.9. The zero-order valence-corrected chi connectivity index (χ0v) is 9.46. The van der Waals surface area contributed by atoms with Gasteiger partial charge in [-0.05, 0) is 12.8 Å². The minimum atomic E-state index is -0.377. The Hall–Kier alpha value is -0.810. The topological polar surface area (TPSA) is 73.6 Å². The number of unbranched alkanes of at least 4 members (excludes halogenated alkanes) is 3. The molecule has 0 aromatic rings. The Kier molecular flexibility index (Phi) is 10.7. The van der Waals surface area contributed by atoms with Crippen LogP contribution in [0.15, 0.2) is 0 Å². The van der Waals surface area contributed by atoms with Crippen LogP contribution >= 0.6 is 0 Å². The fourth-order valence-corrected chi connectivity index (χ4v) is 1.12. The number of amides is 1. The highest BCUT2D eigenvalue weighted by Crippen LogP contribution is 1.98. The van der Waals surface area contributed by atoms with Gasteiger partial charge in [-0.15, -0.1) is 0 Å². The number of nitrogens with one attached hydrogen (secondary N) is 1. The van der Waals surface area contributed by atoms with Gasteiger partial charge in [0.05, 0.1) is 0 Å². The monoisotopic (exact) mass is 218 g/mol. The molecule has 0 radical (unpaired) electrons. The Morgan fingerprint density at radius 2 is 1.93 bits per heavy atom. The maximum Gasteiger partial charge on any atom is 0.407 e. The first-order valence-electron chi connectivity index (χ1n) is 5.41. The molecule has 5 nitrogen and oxygen atoms in total. The summed E-state index contributed by atoms with van der Waals surface area (Å²) in [5, 5.41) is 2.66. The zero-order valence-electron chi connectivity index (χ0n) is 9.46. The number of hydrogen-bond acceptors (Lipinski definition) is 4. The summed E-state index contributed by atoms with van der Waals surface area (Å²) in [6, 6.07) is 0. The van der Waals surface area contributed by atoms with Crippen LogP contribution < -0.4 is 11.1 Å². The molecule has 0 rings (SSSR count). The summed E-state index contributed by atoms with van der Waals surface area (Å²) in [6.45, 7) is 2.12. The Balaban J connectivity index is 3.06. The van der Waals surface area contributed by atoms with Crippen molar-refractivity contribution in [3.05, 3.63) is 0 Å².